The smallest absolute Gasteiger partial charge is 0.315 e. The first-order valence-electron chi connectivity index (χ1n) is 18.7. The maximum absolute atomic E-state index is 14.4. The normalized spacial score (nSPS) is 32.9. The minimum atomic E-state index is -3.34. The van der Waals surface area contributed by atoms with Crippen LogP contribution in [0.25, 0.3) is 0 Å². The molecule has 6 atom stereocenters. The number of piperidine rings is 1. The van der Waals surface area contributed by atoms with Gasteiger partial charge >= 0.3 is 6.03 Å². The minimum absolute atomic E-state index is 0.0897. The summed E-state index contributed by atoms with van der Waals surface area (Å²) < 4.78 is 26.2. The van der Waals surface area contributed by atoms with Crippen LogP contribution >= 0.6 is 0 Å². The number of hydrogen-bond donors (Lipinski definition) is 4. The standard InChI is InChI=1S/C36H57N5O7S/c1-4-21-37-32(44)30(42)25-16-11-8-6-5-7-9-12-17-26(33(45)41-23-24-28(35(24,2)3)29(41)31(43)38-25)39-34(46)40-36(19-13-10-14-20-36)27-18-15-22-49(27,47)48/h4,24-29H,1,5-23H2,2-3H3,(H,37,44)(H,38,43)(H2,39,40,46)/t24-,25-,26-,27+,28-,29-/m0/s1. The van der Waals surface area contributed by atoms with Gasteiger partial charge in [-0.25, -0.2) is 13.2 Å². The molecule has 0 bridgehead atoms. The van der Waals surface area contributed by atoms with Crippen molar-refractivity contribution in [3.63, 3.8) is 0 Å². The lowest BCUT2D eigenvalue weighted by Gasteiger charge is -2.42. The third-order valence-electron chi connectivity index (χ3n) is 12.2. The molecular weight excluding hydrogens is 646 g/mol. The van der Waals surface area contributed by atoms with Crippen LogP contribution in [0.3, 0.4) is 0 Å². The quantitative estimate of drug-likeness (QED) is 0.233. The minimum Gasteiger partial charge on any atom is -0.346 e. The first kappa shape index (κ1) is 37.3. The zero-order chi connectivity index (χ0) is 35.4. The second kappa shape index (κ2) is 15.5. The van der Waals surface area contributed by atoms with Crippen LogP contribution in [0.5, 0.6) is 0 Å². The molecule has 5 fully saturated rings. The summed E-state index contributed by atoms with van der Waals surface area (Å²) in [5.41, 5.74) is -1.04. The fourth-order valence-electron chi connectivity index (χ4n) is 9.33. The topological polar surface area (TPSA) is 171 Å². The summed E-state index contributed by atoms with van der Waals surface area (Å²) in [6.07, 6.45) is 13.2. The van der Waals surface area contributed by atoms with Gasteiger partial charge in [0.15, 0.2) is 9.84 Å². The van der Waals surface area contributed by atoms with Crippen LogP contribution in [-0.2, 0) is 29.0 Å². The van der Waals surface area contributed by atoms with E-state index in [2.05, 4.69) is 41.7 Å². The Morgan fingerprint density at radius 3 is 2.18 bits per heavy atom. The fourth-order valence-corrected chi connectivity index (χ4v) is 11.7. The van der Waals surface area contributed by atoms with E-state index in [4.69, 9.17) is 0 Å². The number of nitrogens with zero attached hydrogens (tertiary/aromatic N) is 1. The Kier molecular flexibility index (Phi) is 11.8. The molecule has 13 heteroatoms. The summed E-state index contributed by atoms with van der Waals surface area (Å²) >= 11 is 0. The van der Waals surface area contributed by atoms with Gasteiger partial charge < -0.3 is 26.2 Å². The van der Waals surface area contributed by atoms with Gasteiger partial charge in [0.2, 0.25) is 17.6 Å². The van der Waals surface area contributed by atoms with E-state index >= 15 is 0 Å². The number of rotatable bonds is 7. The van der Waals surface area contributed by atoms with Gasteiger partial charge in [-0.15, -0.1) is 6.58 Å². The van der Waals surface area contributed by atoms with Gasteiger partial charge in [0, 0.05) is 13.1 Å². The molecule has 2 aliphatic carbocycles. The number of carbonyl (C=O) groups is 5. The molecule has 2 saturated carbocycles. The van der Waals surface area contributed by atoms with Crippen molar-refractivity contribution in [2.45, 2.75) is 145 Å². The third-order valence-corrected chi connectivity index (χ3v) is 14.6. The zero-order valence-electron chi connectivity index (χ0n) is 29.4. The van der Waals surface area contributed by atoms with E-state index in [1.54, 1.807) is 4.90 Å². The third kappa shape index (κ3) is 8.17. The summed E-state index contributed by atoms with van der Waals surface area (Å²) in [5, 5.41) is 10.8. The lowest BCUT2D eigenvalue weighted by Crippen LogP contribution is -2.63. The van der Waals surface area contributed by atoms with Gasteiger partial charge in [-0.3, -0.25) is 19.2 Å². The maximum atomic E-state index is 14.4. The van der Waals surface area contributed by atoms with Crippen molar-refractivity contribution in [2.75, 3.05) is 18.8 Å². The van der Waals surface area contributed by atoms with Crippen molar-refractivity contribution >= 4 is 39.4 Å². The summed E-state index contributed by atoms with van der Waals surface area (Å²) in [6.45, 7) is 8.22. The molecule has 0 aromatic heterocycles. The Bertz CT molecular complexity index is 1390. The number of fused-ring (bicyclic) bond motifs is 3. The monoisotopic (exact) mass is 703 g/mol. The number of sulfone groups is 1. The van der Waals surface area contributed by atoms with Crippen molar-refractivity contribution in [1.82, 2.24) is 26.2 Å². The van der Waals surface area contributed by atoms with Crippen LogP contribution in [0.4, 0.5) is 4.79 Å². The van der Waals surface area contributed by atoms with Crippen molar-refractivity contribution in [2.24, 2.45) is 17.3 Å². The summed E-state index contributed by atoms with van der Waals surface area (Å²) in [7, 11) is -3.34. The predicted octanol–water partition coefficient (Wildman–Crippen LogP) is 3.30. The van der Waals surface area contributed by atoms with Gasteiger partial charge in [-0.2, -0.15) is 0 Å². The largest absolute Gasteiger partial charge is 0.346 e. The number of Topliss-reactive ketones (excluding diaryl/α,β-unsaturated/α-hetero) is 1. The highest BCUT2D eigenvalue weighted by Gasteiger charge is 2.69. The molecule has 0 aromatic rings. The van der Waals surface area contributed by atoms with Gasteiger partial charge in [0.05, 0.1) is 22.6 Å². The molecule has 3 aliphatic heterocycles. The molecule has 3 saturated heterocycles. The van der Waals surface area contributed by atoms with Crippen molar-refractivity contribution in [1.29, 1.82) is 0 Å². The lowest BCUT2D eigenvalue weighted by atomic mass is 9.78. The molecule has 5 amide bonds. The number of hydrogen-bond acceptors (Lipinski definition) is 7. The van der Waals surface area contributed by atoms with Gasteiger partial charge in [0.1, 0.15) is 12.1 Å². The van der Waals surface area contributed by atoms with Crippen LogP contribution in [0, 0.1) is 17.3 Å². The average Bonchev–Trinajstić information content (AvgIpc) is 3.37. The van der Waals surface area contributed by atoms with Gasteiger partial charge in [-0.1, -0.05) is 84.1 Å². The highest BCUT2D eigenvalue weighted by atomic mass is 32.2. The van der Waals surface area contributed by atoms with Crippen LogP contribution in [-0.4, -0.2) is 90.6 Å². The van der Waals surface area contributed by atoms with E-state index in [0.29, 0.717) is 51.5 Å². The molecular formula is C36H57N5O7S. The molecule has 0 radical (unpaired) electrons. The van der Waals surface area contributed by atoms with Crippen molar-refractivity contribution in [3.8, 4) is 0 Å². The van der Waals surface area contributed by atoms with E-state index in [0.717, 1.165) is 57.8 Å². The SMILES string of the molecule is C=CCNC(=O)C(=O)[C@@H]1CCCCCCCCC[C@H](NC(=O)NC2([C@H]3CCCS3(=O)=O)CCCCC2)C(=O)N2C[C@H]3[C@@H]([C@H]2C(=O)N1)C3(C)C. The zero-order valence-corrected chi connectivity index (χ0v) is 30.2. The van der Waals surface area contributed by atoms with E-state index in [9.17, 15) is 32.4 Å². The molecule has 3 heterocycles. The summed E-state index contributed by atoms with van der Waals surface area (Å²) in [5.74, 6) is -2.18. The van der Waals surface area contributed by atoms with Crippen molar-refractivity contribution < 1.29 is 32.4 Å². The van der Waals surface area contributed by atoms with Gasteiger partial charge in [-0.05, 0) is 55.8 Å². The first-order valence-corrected chi connectivity index (χ1v) is 20.4. The maximum Gasteiger partial charge on any atom is 0.315 e. The molecule has 0 spiro atoms. The van der Waals surface area contributed by atoms with E-state index in [1.807, 2.05) is 0 Å². The Labute approximate surface area is 291 Å². The highest BCUT2D eigenvalue weighted by Crippen LogP contribution is 2.65. The molecule has 5 aliphatic rings. The van der Waals surface area contributed by atoms with Crippen LogP contribution in [0.15, 0.2) is 12.7 Å². The van der Waals surface area contributed by atoms with Crippen LogP contribution in [0.2, 0.25) is 0 Å². The average molecular weight is 704 g/mol. The van der Waals surface area contributed by atoms with Crippen LogP contribution in [0.1, 0.15) is 117 Å². The lowest BCUT2D eigenvalue weighted by molar-refractivity contribution is -0.144. The molecule has 5 rings (SSSR count). The second-order valence-electron chi connectivity index (χ2n) is 15.7. The Balaban J connectivity index is 1.37. The number of nitrogens with one attached hydrogen (secondary N) is 4. The number of urea groups is 1. The summed E-state index contributed by atoms with van der Waals surface area (Å²) in [4.78, 5) is 69.8. The molecule has 0 unspecified atom stereocenters. The highest BCUT2D eigenvalue weighted by molar-refractivity contribution is 7.92. The van der Waals surface area contributed by atoms with E-state index in [1.165, 1.54) is 6.08 Å². The number of amides is 5. The Morgan fingerprint density at radius 2 is 1.55 bits per heavy atom. The molecule has 49 heavy (non-hydrogen) atoms. The first-order chi connectivity index (χ1) is 23.3. The molecule has 274 valence electrons. The molecule has 12 nitrogen and oxygen atoms in total. The molecule has 4 N–H and O–H groups in total. The van der Waals surface area contributed by atoms with E-state index < -0.39 is 62.4 Å². The summed E-state index contributed by atoms with van der Waals surface area (Å²) in [6, 6.07) is -3.29. The van der Waals surface area contributed by atoms with Crippen molar-refractivity contribution in [3.05, 3.63) is 12.7 Å². The predicted molar refractivity (Wildman–Crippen MR) is 186 cm³/mol. The number of ketones is 1. The second-order valence-corrected chi connectivity index (χ2v) is 18.0. The van der Waals surface area contributed by atoms with Gasteiger partial charge in [0.25, 0.3) is 5.91 Å². The molecule has 0 aromatic carbocycles. The van der Waals surface area contributed by atoms with E-state index in [-0.39, 0.29) is 35.5 Å². The Morgan fingerprint density at radius 1 is 0.918 bits per heavy atom. The van der Waals surface area contributed by atoms with Crippen LogP contribution < -0.4 is 21.3 Å². The fraction of sp³-hybridized carbons (Fsp3) is 0.806. The number of carbonyl (C=O) groups excluding carboxylic acids is 5. The Hall–Kier alpha value is -2.96.